The number of nitrogens with one attached hydrogen (secondary N) is 1. The predicted octanol–water partition coefficient (Wildman–Crippen LogP) is 4.21. The number of hydrogen-bond acceptors (Lipinski definition) is 5. The van der Waals surface area contributed by atoms with Crippen LogP contribution in [0.25, 0.3) is 5.69 Å². The van der Waals surface area contributed by atoms with Crippen molar-refractivity contribution in [3.05, 3.63) is 86.8 Å². The molecule has 176 valence electrons. The number of aromatic nitrogens is 2. The molecule has 0 atom stereocenters. The average Bonchev–Trinajstić information content (AvgIpc) is 2.82. The van der Waals surface area contributed by atoms with E-state index in [2.05, 4.69) is 5.32 Å². The normalized spacial score (nSPS) is 15.6. The van der Waals surface area contributed by atoms with E-state index >= 15 is 0 Å². The van der Waals surface area contributed by atoms with Crippen LogP contribution in [0.5, 0.6) is 0 Å². The highest BCUT2D eigenvalue weighted by Crippen LogP contribution is 2.36. The molecule has 8 heteroatoms. The number of carbonyl (C=O) groups excluding carboxylic acids is 1. The lowest BCUT2D eigenvalue weighted by atomic mass is 10.0. The lowest BCUT2D eigenvalue weighted by Gasteiger charge is -2.30. The smallest absolute Gasteiger partial charge is 0.264 e. The van der Waals surface area contributed by atoms with Crippen molar-refractivity contribution in [1.29, 1.82) is 0 Å². The Hall–Kier alpha value is -2.61. The molecule has 1 aliphatic heterocycles. The van der Waals surface area contributed by atoms with E-state index in [0.717, 1.165) is 34.9 Å². The van der Waals surface area contributed by atoms with E-state index in [0.29, 0.717) is 41.9 Å². The molecule has 1 aromatic heterocycles. The molecule has 3 aromatic rings. The largest absolute Gasteiger partial charge is 0.337 e. The van der Waals surface area contributed by atoms with Gasteiger partial charge < -0.3 is 10.2 Å². The van der Waals surface area contributed by atoms with Crippen molar-refractivity contribution >= 4 is 29.3 Å². The van der Waals surface area contributed by atoms with Crippen LogP contribution in [-0.4, -0.2) is 38.7 Å². The molecule has 2 heterocycles. The first-order valence-corrected chi connectivity index (χ1v) is 12.9. The molecule has 0 spiro atoms. The zero-order valence-corrected chi connectivity index (χ0v) is 20.4. The molecule has 2 aromatic carbocycles. The summed E-state index contributed by atoms with van der Waals surface area (Å²) in [6, 6.07) is 17.2. The quantitative estimate of drug-likeness (QED) is 0.498. The van der Waals surface area contributed by atoms with Gasteiger partial charge in [-0.05, 0) is 42.7 Å². The fourth-order valence-corrected chi connectivity index (χ4v) is 5.80. The molecule has 1 N–H and O–H groups in total. The standard InChI is InChI=1S/C26H27ClN4O2S/c27-19-7-4-6-18(14-19)15-28-16-24(32)30-13-12-23-22(17-30)25(33)31(20-8-2-1-3-9-20)26(29-23)34-21-10-5-11-21/h1-4,6-9,14,21,28H,5,10-13,15-17H2. The van der Waals surface area contributed by atoms with Gasteiger partial charge >= 0.3 is 0 Å². The van der Waals surface area contributed by atoms with Crippen molar-refractivity contribution < 1.29 is 4.79 Å². The second-order valence-corrected chi connectivity index (χ2v) is 10.5. The highest BCUT2D eigenvalue weighted by atomic mass is 35.5. The third kappa shape index (κ3) is 5.06. The number of carbonyl (C=O) groups is 1. The van der Waals surface area contributed by atoms with E-state index in [-0.39, 0.29) is 18.0 Å². The zero-order chi connectivity index (χ0) is 23.5. The monoisotopic (exact) mass is 494 g/mol. The minimum absolute atomic E-state index is 0.0220. The molecule has 0 saturated heterocycles. The predicted molar refractivity (Wildman–Crippen MR) is 136 cm³/mol. The van der Waals surface area contributed by atoms with Gasteiger partial charge in [-0.2, -0.15) is 0 Å². The van der Waals surface area contributed by atoms with Crippen molar-refractivity contribution in [3.8, 4) is 5.69 Å². The van der Waals surface area contributed by atoms with Gasteiger partial charge in [0.25, 0.3) is 5.56 Å². The van der Waals surface area contributed by atoms with Crippen LogP contribution in [0.4, 0.5) is 0 Å². The topological polar surface area (TPSA) is 67.2 Å². The molecule has 0 unspecified atom stereocenters. The second-order valence-electron chi connectivity index (χ2n) is 8.77. The van der Waals surface area contributed by atoms with Gasteiger partial charge in [-0.1, -0.05) is 60.1 Å². The van der Waals surface area contributed by atoms with E-state index < -0.39 is 0 Å². The molecule has 34 heavy (non-hydrogen) atoms. The van der Waals surface area contributed by atoms with Gasteiger partial charge in [0.1, 0.15) is 0 Å². The summed E-state index contributed by atoms with van der Waals surface area (Å²) in [6.07, 6.45) is 4.16. The van der Waals surface area contributed by atoms with E-state index in [1.54, 1.807) is 21.2 Å². The van der Waals surface area contributed by atoms with Crippen LogP contribution in [0.1, 0.15) is 36.1 Å². The summed E-state index contributed by atoms with van der Waals surface area (Å²) >= 11 is 7.74. The molecule has 5 rings (SSSR count). The molecule has 1 aliphatic carbocycles. The Labute approximate surface area is 208 Å². The maximum Gasteiger partial charge on any atom is 0.264 e. The van der Waals surface area contributed by atoms with Gasteiger partial charge in [0.15, 0.2) is 5.16 Å². The van der Waals surface area contributed by atoms with E-state index in [9.17, 15) is 9.59 Å². The SMILES string of the molecule is O=C(CNCc1cccc(Cl)c1)N1CCc2nc(SC3CCC3)n(-c3ccccc3)c(=O)c2C1. The molecule has 1 amide bonds. The summed E-state index contributed by atoms with van der Waals surface area (Å²) in [7, 11) is 0. The van der Waals surface area contributed by atoms with Gasteiger partial charge in [0, 0.05) is 29.8 Å². The van der Waals surface area contributed by atoms with Crippen molar-refractivity contribution in [2.24, 2.45) is 0 Å². The van der Waals surface area contributed by atoms with Gasteiger partial charge in [-0.3, -0.25) is 14.2 Å². The molecule has 0 bridgehead atoms. The molecular weight excluding hydrogens is 468 g/mol. The molecule has 1 fully saturated rings. The number of halogens is 1. The number of thioether (sulfide) groups is 1. The van der Waals surface area contributed by atoms with Crippen LogP contribution < -0.4 is 10.9 Å². The Morgan fingerprint density at radius 2 is 1.97 bits per heavy atom. The van der Waals surface area contributed by atoms with Crippen LogP contribution in [0.3, 0.4) is 0 Å². The number of amides is 1. The fourth-order valence-electron chi connectivity index (χ4n) is 4.26. The van der Waals surface area contributed by atoms with Gasteiger partial charge in [0.2, 0.25) is 5.91 Å². The van der Waals surface area contributed by atoms with E-state index in [1.807, 2.05) is 54.6 Å². The number of hydrogen-bond donors (Lipinski definition) is 1. The molecular formula is C26H27ClN4O2S. The minimum Gasteiger partial charge on any atom is -0.337 e. The van der Waals surface area contributed by atoms with Crippen LogP contribution >= 0.6 is 23.4 Å². The summed E-state index contributed by atoms with van der Waals surface area (Å²) in [5.74, 6) is -0.0220. The van der Waals surface area contributed by atoms with Gasteiger partial charge in [0.05, 0.1) is 30.0 Å². The Balaban J connectivity index is 1.34. The number of nitrogens with zero attached hydrogens (tertiary/aromatic N) is 3. The number of para-hydroxylation sites is 1. The minimum atomic E-state index is -0.0672. The van der Waals surface area contributed by atoms with Crippen LogP contribution in [-0.2, 0) is 24.3 Å². The molecule has 2 aliphatic rings. The fraction of sp³-hybridized carbons (Fsp3) is 0.346. The van der Waals surface area contributed by atoms with E-state index in [4.69, 9.17) is 16.6 Å². The van der Waals surface area contributed by atoms with Gasteiger partial charge in [-0.15, -0.1) is 0 Å². The summed E-state index contributed by atoms with van der Waals surface area (Å²) in [6.45, 7) is 1.62. The summed E-state index contributed by atoms with van der Waals surface area (Å²) in [5.41, 5.74) is 3.22. The Morgan fingerprint density at radius 1 is 1.15 bits per heavy atom. The van der Waals surface area contributed by atoms with Crippen molar-refractivity contribution in [2.75, 3.05) is 13.1 Å². The molecule has 1 saturated carbocycles. The highest BCUT2D eigenvalue weighted by Gasteiger charge is 2.28. The van der Waals surface area contributed by atoms with Crippen LogP contribution in [0, 0.1) is 0 Å². The third-order valence-corrected chi connectivity index (χ3v) is 7.91. The zero-order valence-electron chi connectivity index (χ0n) is 18.9. The Bertz CT molecular complexity index is 1240. The number of benzene rings is 2. The maximum atomic E-state index is 13.7. The Kier molecular flexibility index (Phi) is 7.04. The summed E-state index contributed by atoms with van der Waals surface area (Å²) < 4.78 is 1.73. The van der Waals surface area contributed by atoms with Crippen LogP contribution in [0.2, 0.25) is 5.02 Å². The average molecular weight is 495 g/mol. The number of rotatable bonds is 7. The highest BCUT2D eigenvalue weighted by molar-refractivity contribution is 7.99. The van der Waals surface area contributed by atoms with Crippen molar-refractivity contribution in [1.82, 2.24) is 19.8 Å². The Morgan fingerprint density at radius 3 is 2.71 bits per heavy atom. The molecule has 0 radical (unpaired) electrons. The van der Waals surface area contributed by atoms with Gasteiger partial charge in [-0.25, -0.2) is 4.98 Å². The lowest BCUT2D eigenvalue weighted by Crippen LogP contribution is -2.44. The van der Waals surface area contributed by atoms with Crippen molar-refractivity contribution in [2.45, 2.75) is 49.2 Å². The number of fused-ring (bicyclic) bond motifs is 1. The third-order valence-electron chi connectivity index (χ3n) is 6.38. The van der Waals surface area contributed by atoms with E-state index in [1.165, 1.54) is 6.42 Å². The maximum absolute atomic E-state index is 13.7. The first kappa shape index (κ1) is 23.1. The summed E-state index contributed by atoms with van der Waals surface area (Å²) in [5, 5.41) is 5.16. The molecule has 6 nitrogen and oxygen atoms in total. The van der Waals surface area contributed by atoms with Crippen molar-refractivity contribution in [3.63, 3.8) is 0 Å². The lowest BCUT2D eigenvalue weighted by molar-refractivity contribution is -0.131. The van der Waals surface area contributed by atoms with Crippen LogP contribution in [0.15, 0.2) is 64.5 Å². The second kappa shape index (κ2) is 10.3. The first-order chi connectivity index (χ1) is 16.6. The summed E-state index contributed by atoms with van der Waals surface area (Å²) in [4.78, 5) is 33.2. The first-order valence-electron chi connectivity index (χ1n) is 11.7.